The van der Waals surface area contributed by atoms with Crippen molar-refractivity contribution >= 4 is 21.7 Å². The molecule has 0 saturated heterocycles. The molecule has 1 heterocycles. The first-order valence-electron chi connectivity index (χ1n) is 3.38. The second-order valence-electron chi connectivity index (χ2n) is 2.14. The van der Waals surface area contributed by atoms with Gasteiger partial charge < -0.3 is 0 Å². The third-order valence-corrected chi connectivity index (χ3v) is 1.80. The summed E-state index contributed by atoms with van der Waals surface area (Å²) >= 11 is 3.20. The van der Waals surface area contributed by atoms with Crippen LogP contribution in [-0.4, -0.2) is 10.8 Å². The number of nitrogens with zero attached hydrogens (tertiary/aromatic N) is 1. The number of halogens is 1. The standard InChI is InChI=1S/C8H8BrNO/c1-2-7(11)6-3-4-10-8(9)5-6/h3-5H,2H2,1H3. The van der Waals surface area contributed by atoms with E-state index in [1.807, 2.05) is 6.92 Å². The average molecular weight is 214 g/mol. The Morgan fingerprint density at radius 2 is 2.45 bits per heavy atom. The zero-order valence-electron chi connectivity index (χ0n) is 6.17. The molecule has 11 heavy (non-hydrogen) atoms. The van der Waals surface area contributed by atoms with Crippen LogP contribution >= 0.6 is 15.9 Å². The quantitative estimate of drug-likeness (QED) is 0.559. The highest BCUT2D eigenvalue weighted by Crippen LogP contribution is 2.09. The first-order chi connectivity index (χ1) is 5.24. The summed E-state index contributed by atoms with van der Waals surface area (Å²) in [6, 6.07) is 3.45. The molecule has 1 aromatic heterocycles. The van der Waals surface area contributed by atoms with Crippen molar-refractivity contribution < 1.29 is 4.79 Å². The van der Waals surface area contributed by atoms with Crippen molar-refractivity contribution in [1.82, 2.24) is 4.98 Å². The van der Waals surface area contributed by atoms with Gasteiger partial charge in [-0.05, 0) is 28.1 Å². The number of ketones is 1. The largest absolute Gasteiger partial charge is 0.294 e. The van der Waals surface area contributed by atoms with Crippen LogP contribution in [0.1, 0.15) is 23.7 Å². The van der Waals surface area contributed by atoms with E-state index in [9.17, 15) is 4.79 Å². The fourth-order valence-electron chi connectivity index (χ4n) is 0.780. The second kappa shape index (κ2) is 3.62. The van der Waals surface area contributed by atoms with Gasteiger partial charge in [0.2, 0.25) is 0 Å². The molecule has 1 rings (SSSR count). The molecule has 0 aliphatic carbocycles. The molecule has 0 saturated carbocycles. The van der Waals surface area contributed by atoms with E-state index in [1.54, 1.807) is 18.3 Å². The van der Waals surface area contributed by atoms with Crippen molar-refractivity contribution in [3.63, 3.8) is 0 Å². The Hall–Kier alpha value is -0.700. The number of hydrogen-bond donors (Lipinski definition) is 0. The first kappa shape index (κ1) is 8.40. The lowest BCUT2D eigenvalue weighted by Crippen LogP contribution is -1.96. The summed E-state index contributed by atoms with van der Waals surface area (Å²) in [4.78, 5) is 15.0. The maximum Gasteiger partial charge on any atom is 0.162 e. The van der Waals surface area contributed by atoms with Crippen LogP contribution in [0.3, 0.4) is 0 Å². The third kappa shape index (κ3) is 2.12. The van der Waals surface area contributed by atoms with Crippen molar-refractivity contribution in [1.29, 1.82) is 0 Å². The molecule has 0 atom stereocenters. The van der Waals surface area contributed by atoms with Gasteiger partial charge in [0.1, 0.15) is 4.60 Å². The highest BCUT2D eigenvalue weighted by atomic mass is 79.9. The van der Waals surface area contributed by atoms with Crippen LogP contribution in [0.15, 0.2) is 22.9 Å². The number of rotatable bonds is 2. The summed E-state index contributed by atoms with van der Waals surface area (Å²) < 4.78 is 0.705. The third-order valence-electron chi connectivity index (χ3n) is 1.37. The van der Waals surface area contributed by atoms with Crippen LogP contribution < -0.4 is 0 Å². The van der Waals surface area contributed by atoms with E-state index in [0.29, 0.717) is 11.0 Å². The number of carbonyl (C=O) groups is 1. The Kier molecular flexibility index (Phi) is 2.76. The van der Waals surface area contributed by atoms with Gasteiger partial charge in [-0.3, -0.25) is 4.79 Å². The van der Waals surface area contributed by atoms with Gasteiger partial charge in [-0.2, -0.15) is 0 Å². The lowest BCUT2D eigenvalue weighted by molar-refractivity contribution is 0.0988. The Morgan fingerprint density at radius 3 is 3.00 bits per heavy atom. The monoisotopic (exact) mass is 213 g/mol. The molecular weight excluding hydrogens is 206 g/mol. The second-order valence-corrected chi connectivity index (χ2v) is 2.96. The summed E-state index contributed by atoms with van der Waals surface area (Å²) in [6.07, 6.45) is 2.16. The van der Waals surface area contributed by atoms with Gasteiger partial charge in [0, 0.05) is 18.2 Å². The van der Waals surface area contributed by atoms with Gasteiger partial charge in [0.05, 0.1) is 0 Å². The van der Waals surface area contributed by atoms with Gasteiger partial charge in [0.15, 0.2) is 5.78 Å². The zero-order valence-corrected chi connectivity index (χ0v) is 7.76. The number of Topliss-reactive ketones (excluding diaryl/α,β-unsaturated/α-hetero) is 1. The predicted octanol–water partition coefficient (Wildman–Crippen LogP) is 2.44. The fourth-order valence-corrected chi connectivity index (χ4v) is 1.14. The summed E-state index contributed by atoms with van der Waals surface area (Å²) in [5, 5.41) is 0. The summed E-state index contributed by atoms with van der Waals surface area (Å²) in [7, 11) is 0. The van der Waals surface area contributed by atoms with Crippen LogP contribution in [0.2, 0.25) is 0 Å². The highest BCUT2D eigenvalue weighted by Gasteiger charge is 2.01. The Labute approximate surface area is 73.8 Å². The number of aromatic nitrogens is 1. The van der Waals surface area contributed by atoms with E-state index in [-0.39, 0.29) is 5.78 Å². The highest BCUT2D eigenvalue weighted by molar-refractivity contribution is 9.10. The molecule has 0 aliphatic heterocycles. The molecule has 0 unspecified atom stereocenters. The van der Waals surface area contributed by atoms with E-state index in [1.165, 1.54) is 0 Å². The molecule has 58 valence electrons. The molecule has 0 N–H and O–H groups in total. The Morgan fingerprint density at radius 1 is 1.73 bits per heavy atom. The van der Waals surface area contributed by atoms with Gasteiger partial charge in [-0.1, -0.05) is 6.92 Å². The van der Waals surface area contributed by atoms with Crippen LogP contribution in [0.4, 0.5) is 0 Å². The minimum atomic E-state index is 0.146. The van der Waals surface area contributed by atoms with Crippen molar-refractivity contribution in [3.05, 3.63) is 28.5 Å². The molecule has 0 amide bonds. The topological polar surface area (TPSA) is 30.0 Å². The number of carbonyl (C=O) groups excluding carboxylic acids is 1. The summed E-state index contributed by atoms with van der Waals surface area (Å²) in [5.41, 5.74) is 0.717. The van der Waals surface area contributed by atoms with Crippen molar-refractivity contribution in [2.24, 2.45) is 0 Å². The van der Waals surface area contributed by atoms with Gasteiger partial charge in [0.25, 0.3) is 0 Å². The molecule has 0 aromatic carbocycles. The van der Waals surface area contributed by atoms with Gasteiger partial charge >= 0.3 is 0 Å². The lowest BCUT2D eigenvalue weighted by Gasteiger charge is -1.95. The molecule has 0 fully saturated rings. The van der Waals surface area contributed by atoms with Crippen LogP contribution in [0.25, 0.3) is 0 Å². The van der Waals surface area contributed by atoms with Gasteiger partial charge in [-0.25, -0.2) is 4.98 Å². The van der Waals surface area contributed by atoms with Crippen LogP contribution in [0, 0.1) is 0 Å². The Balaban J connectivity index is 2.96. The number of pyridine rings is 1. The van der Waals surface area contributed by atoms with Crippen molar-refractivity contribution in [2.45, 2.75) is 13.3 Å². The summed E-state index contributed by atoms with van der Waals surface area (Å²) in [6.45, 7) is 1.84. The lowest BCUT2D eigenvalue weighted by atomic mass is 10.1. The maximum absolute atomic E-state index is 11.1. The van der Waals surface area contributed by atoms with E-state index in [2.05, 4.69) is 20.9 Å². The smallest absolute Gasteiger partial charge is 0.162 e. The van der Waals surface area contributed by atoms with Crippen molar-refractivity contribution in [2.75, 3.05) is 0 Å². The molecule has 0 aliphatic rings. The first-order valence-corrected chi connectivity index (χ1v) is 4.18. The summed E-state index contributed by atoms with van der Waals surface area (Å²) in [5.74, 6) is 0.146. The maximum atomic E-state index is 11.1. The molecular formula is C8H8BrNO. The average Bonchev–Trinajstić information content (AvgIpc) is 2.03. The SMILES string of the molecule is CCC(=O)c1ccnc(Br)c1. The van der Waals surface area contributed by atoms with Crippen LogP contribution in [0.5, 0.6) is 0 Å². The van der Waals surface area contributed by atoms with Crippen LogP contribution in [-0.2, 0) is 0 Å². The molecule has 1 aromatic rings. The minimum Gasteiger partial charge on any atom is -0.294 e. The molecule has 3 heteroatoms. The fraction of sp³-hybridized carbons (Fsp3) is 0.250. The van der Waals surface area contributed by atoms with E-state index >= 15 is 0 Å². The van der Waals surface area contributed by atoms with Gasteiger partial charge in [-0.15, -0.1) is 0 Å². The predicted molar refractivity (Wildman–Crippen MR) is 46.6 cm³/mol. The minimum absolute atomic E-state index is 0.146. The van der Waals surface area contributed by atoms with E-state index < -0.39 is 0 Å². The normalized spacial score (nSPS) is 9.64. The van der Waals surface area contributed by atoms with Crippen molar-refractivity contribution in [3.8, 4) is 0 Å². The molecule has 0 radical (unpaired) electrons. The molecule has 0 spiro atoms. The molecule has 2 nitrogen and oxygen atoms in total. The van der Waals surface area contributed by atoms with E-state index in [4.69, 9.17) is 0 Å². The zero-order chi connectivity index (χ0) is 8.27. The molecule has 0 bridgehead atoms. The number of hydrogen-bond acceptors (Lipinski definition) is 2. The van der Waals surface area contributed by atoms with E-state index in [0.717, 1.165) is 5.56 Å². The Bertz CT molecular complexity index is 273.